The van der Waals surface area contributed by atoms with E-state index in [1.165, 1.54) is 4.90 Å². The first-order valence-corrected chi connectivity index (χ1v) is 8.11. The third-order valence-electron chi connectivity index (χ3n) is 4.23. The summed E-state index contributed by atoms with van der Waals surface area (Å²) in [6.45, 7) is 3.43. The van der Waals surface area contributed by atoms with E-state index in [2.05, 4.69) is 10.6 Å². The van der Waals surface area contributed by atoms with Gasteiger partial charge in [0.15, 0.2) is 0 Å². The Kier molecular flexibility index (Phi) is 7.63. The van der Waals surface area contributed by atoms with Gasteiger partial charge in [0, 0.05) is 6.54 Å². The highest BCUT2D eigenvalue weighted by Crippen LogP contribution is 2.21. The van der Waals surface area contributed by atoms with Crippen molar-refractivity contribution in [2.75, 3.05) is 19.6 Å². The van der Waals surface area contributed by atoms with Crippen molar-refractivity contribution in [2.45, 2.75) is 45.2 Å². The Morgan fingerprint density at radius 3 is 2.54 bits per heavy atom. The van der Waals surface area contributed by atoms with Crippen LogP contribution in [-0.2, 0) is 19.2 Å². The molecule has 0 bridgehead atoms. The zero-order valence-electron chi connectivity index (χ0n) is 14.1. The Morgan fingerprint density at radius 2 is 2.00 bits per heavy atom. The van der Waals surface area contributed by atoms with Crippen molar-refractivity contribution in [3.8, 4) is 0 Å². The number of rotatable bonds is 8. The van der Waals surface area contributed by atoms with E-state index in [4.69, 9.17) is 10.8 Å². The molecule has 0 aliphatic carbocycles. The van der Waals surface area contributed by atoms with Crippen LogP contribution in [0.15, 0.2) is 0 Å². The van der Waals surface area contributed by atoms with Crippen LogP contribution in [0.4, 0.5) is 0 Å². The number of likely N-dealkylation sites (tertiary alicyclic amines) is 1. The van der Waals surface area contributed by atoms with Crippen LogP contribution in [0.2, 0.25) is 0 Å². The third kappa shape index (κ3) is 5.19. The van der Waals surface area contributed by atoms with Gasteiger partial charge in [0.2, 0.25) is 17.7 Å². The van der Waals surface area contributed by atoms with Crippen LogP contribution in [0.1, 0.15) is 33.1 Å². The molecule has 0 aromatic carbocycles. The molecule has 0 unspecified atom stereocenters. The second kappa shape index (κ2) is 9.21. The summed E-state index contributed by atoms with van der Waals surface area (Å²) >= 11 is 0. The van der Waals surface area contributed by atoms with Gasteiger partial charge in [0.1, 0.15) is 18.6 Å². The lowest BCUT2D eigenvalue weighted by atomic mass is 9.97. The molecule has 5 N–H and O–H groups in total. The van der Waals surface area contributed by atoms with Gasteiger partial charge in [-0.3, -0.25) is 19.2 Å². The van der Waals surface area contributed by atoms with Gasteiger partial charge in [-0.1, -0.05) is 20.3 Å². The maximum Gasteiger partial charge on any atom is 0.322 e. The van der Waals surface area contributed by atoms with Crippen molar-refractivity contribution in [1.29, 1.82) is 0 Å². The van der Waals surface area contributed by atoms with E-state index in [1.54, 1.807) is 0 Å². The summed E-state index contributed by atoms with van der Waals surface area (Å²) in [4.78, 5) is 48.5. The highest BCUT2D eigenvalue weighted by atomic mass is 16.4. The van der Waals surface area contributed by atoms with Crippen LogP contribution in [0.5, 0.6) is 0 Å². The first-order valence-electron chi connectivity index (χ1n) is 8.11. The molecule has 0 aromatic heterocycles. The number of nitrogens with one attached hydrogen (secondary N) is 2. The topological polar surface area (TPSA) is 142 Å². The van der Waals surface area contributed by atoms with Gasteiger partial charge < -0.3 is 26.4 Å². The van der Waals surface area contributed by atoms with Gasteiger partial charge in [-0.15, -0.1) is 0 Å². The van der Waals surface area contributed by atoms with Gasteiger partial charge in [-0.05, 0) is 18.8 Å². The molecule has 1 aliphatic rings. The molecule has 9 nitrogen and oxygen atoms in total. The highest BCUT2D eigenvalue weighted by Gasteiger charge is 2.38. The number of nitrogens with zero attached hydrogens (tertiary/aromatic N) is 1. The fourth-order valence-corrected chi connectivity index (χ4v) is 2.68. The lowest BCUT2D eigenvalue weighted by molar-refractivity contribution is -0.143. The van der Waals surface area contributed by atoms with Crippen LogP contribution < -0.4 is 16.4 Å². The smallest absolute Gasteiger partial charge is 0.322 e. The predicted octanol–water partition coefficient (Wildman–Crippen LogP) is -1.33. The molecule has 0 spiro atoms. The van der Waals surface area contributed by atoms with Gasteiger partial charge in [0.05, 0.1) is 6.54 Å². The van der Waals surface area contributed by atoms with E-state index < -0.39 is 36.4 Å². The van der Waals surface area contributed by atoms with Crippen LogP contribution in [-0.4, -0.2) is 65.4 Å². The predicted molar refractivity (Wildman–Crippen MR) is 85.8 cm³/mol. The minimum absolute atomic E-state index is 0.115. The summed E-state index contributed by atoms with van der Waals surface area (Å²) in [6.07, 6.45) is 1.79. The fourth-order valence-electron chi connectivity index (χ4n) is 2.68. The highest BCUT2D eigenvalue weighted by molar-refractivity contribution is 5.93. The molecule has 1 saturated heterocycles. The quantitative estimate of drug-likeness (QED) is 0.430. The van der Waals surface area contributed by atoms with Crippen LogP contribution in [0.25, 0.3) is 0 Å². The SMILES string of the molecule is CC[C@H](C)[C@H](NC(=O)CN)C(=O)N1CCC[C@H]1C(=O)NCC(=O)O. The van der Waals surface area contributed by atoms with E-state index in [-0.39, 0.29) is 18.4 Å². The minimum Gasteiger partial charge on any atom is -0.480 e. The Balaban J connectivity index is 2.85. The lowest BCUT2D eigenvalue weighted by Crippen LogP contribution is -2.56. The summed E-state index contributed by atoms with van der Waals surface area (Å²) in [5.74, 6) is -2.52. The average molecular weight is 342 g/mol. The van der Waals surface area contributed by atoms with E-state index in [0.29, 0.717) is 25.8 Å². The summed E-state index contributed by atoms with van der Waals surface area (Å²) < 4.78 is 0. The molecule has 136 valence electrons. The standard InChI is InChI=1S/C15H26N4O5/c1-3-9(2)13(18-11(20)7-16)15(24)19-6-4-5-10(19)14(23)17-8-12(21)22/h9-10,13H,3-8,16H2,1-2H3,(H,17,23)(H,18,20)(H,21,22)/t9-,10-,13-/m0/s1. The number of hydrogen-bond acceptors (Lipinski definition) is 5. The first kappa shape index (κ1) is 19.9. The average Bonchev–Trinajstić information content (AvgIpc) is 3.05. The Hall–Kier alpha value is -2.16. The number of nitrogens with two attached hydrogens (primary N) is 1. The summed E-state index contributed by atoms with van der Waals surface area (Å²) in [7, 11) is 0. The number of aliphatic carboxylic acids is 1. The van der Waals surface area contributed by atoms with Gasteiger partial charge >= 0.3 is 5.97 Å². The van der Waals surface area contributed by atoms with Gasteiger partial charge in [0.25, 0.3) is 0 Å². The number of carbonyl (C=O) groups excluding carboxylic acids is 3. The molecule has 24 heavy (non-hydrogen) atoms. The maximum absolute atomic E-state index is 12.8. The van der Waals surface area contributed by atoms with Crippen molar-refractivity contribution < 1.29 is 24.3 Å². The lowest BCUT2D eigenvalue weighted by Gasteiger charge is -2.31. The molecule has 0 radical (unpaired) electrons. The number of hydrogen-bond donors (Lipinski definition) is 4. The molecular formula is C15H26N4O5. The summed E-state index contributed by atoms with van der Waals surface area (Å²) in [5, 5.41) is 13.6. The van der Waals surface area contributed by atoms with Crippen molar-refractivity contribution in [1.82, 2.24) is 15.5 Å². The Morgan fingerprint density at radius 1 is 1.33 bits per heavy atom. The van der Waals surface area contributed by atoms with Crippen molar-refractivity contribution in [3.63, 3.8) is 0 Å². The molecule has 1 rings (SSSR count). The largest absolute Gasteiger partial charge is 0.480 e. The fraction of sp³-hybridized carbons (Fsp3) is 0.733. The summed E-state index contributed by atoms with van der Waals surface area (Å²) in [6, 6.07) is -1.46. The normalized spacial score (nSPS) is 19.5. The molecule has 3 amide bonds. The molecule has 1 fully saturated rings. The van der Waals surface area contributed by atoms with Gasteiger partial charge in [-0.2, -0.15) is 0 Å². The molecule has 1 aliphatic heterocycles. The Bertz CT molecular complexity index is 496. The molecule has 3 atom stereocenters. The maximum atomic E-state index is 12.8. The number of carboxylic acid groups (broad SMARTS) is 1. The van der Waals surface area contributed by atoms with Crippen LogP contribution in [0, 0.1) is 5.92 Å². The van der Waals surface area contributed by atoms with Crippen LogP contribution in [0.3, 0.4) is 0 Å². The molecule has 0 saturated carbocycles. The first-order chi connectivity index (χ1) is 11.3. The monoisotopic (exact) mass is 342 g/mol. The van der Waals surface area contributed by atoms with E-state index in [1.807, 2.05) is 13.8 Å². The molecule has 1 heterocycles. The van der Waals surface area contributed by atoms with Gasteiger partial charge in [-0.25, -0.2) is 0 Å². The van der Waals surface area contributed by atoms with E-state index in [0.717, 1.165) is 0 Å². The van der Waals surface area contributed by atoms with Crippen molar-refractivity contribution >= 4 is 23.7 Å². The number of carbonyl (C=O) groups is 4. The molecule has 0 aromatic rings. The van der Waals surface area contributed by atoms with E-state index >= 15 is 0 Å². The zero-order valence-corrected chi connectivity index (χ0v) is 14.1. The second-order valence-corrected chi connectivity index (χ2v) is 5.94. The Labute approximate surface area is 140 Å². The number of carboxylic acids is 1. The van der Waals surface area contributed by atoms with Crippen molar-refractivity contribution in [2.24, 2.45) is 11.7 Å². The second-order valence-electron chi connectivity index (χ2n) is 5.94. The van der Waals surface area contributed by atoms with Crippen molar-refractivity contribution in [3.05, 3.63) is 0 Å². The molecular weight excluding hydrogens is 316 g/mol. The minimum atomic E-state index is -1.15. The summed E-state index contributed by atoms with van der Waals surface area (Å²) in [5.41, 5.74) is 5.30. The van der Waals surface area contributed by atoms with E-state index in [9.17, 15) is 19.2 Å². The zero-order chi connectivity index (χ0) is 18.3. The van der Waals surface area contributed by atoms with Crippen LogP contribution >= 0.6 is 0 Å². The number of amides is 3. The third-order valence-corrected chi connectivity index (χ3v) is 4.23. The molecule has 9 heteroatoms.